The second-order valence-electron chi connectivity index (χ2n) is 7.28. The number of aliphatic imine (C=N–C) groups is 1. The minimum absolute atomic E-state index is 0.142. The smallest absolute Gasteiger partial charge is 0.221 e. The summed E-state index contributed by atoms with van der Waals surface area (Å²) in [6.45, 7) is 3.37. The zero-order valence-corrected chi connectivity index (χ0v) is 18.8. The highest BCUT2D eigenvalue weighted by Crippen LogP contribution is 2.25. The molecule has 3 aromatic carbocycles. The predicted molar refractivity (Wildman–Crippen MR) is 130 cm³/mol. The standard InChI is InChI=1S/C25H30N4O3/c1-18(30)29-23-15-19(9-12-24(23)31-3)17-28-25(26-2)27-13-6-14-32-22-11-10-20-7-4-5-8-21(20)16-22/h4-5,7-12,15-16H,6,13-14,17H2,1-3H3,(H,29,30)(H2,26,27,28). The van der Waals surface area contributed by atoms with E-state index in [-0.39, 0.29) is 5.91 Å². The highest BCUT2D eigenvalue weighted by atomic mass is 16.5. The van der Waals surface area contributed by atoms with E-state index >= 15 is 0 Å². The molecular weight excluding hydrogens is 404 g/mol. The predicted octanol–water partition coefficient (Wildman–Crippen LogP) is 3.94. The molecule has 0 heterocycles. The number of ether oxygens (including phenoxy) is 2. The molecule has 0 bridgehead atoms. The third-order valence-corrected chi connectivity index (χ3v) is 4.86. The molecule has 0 radical (unpaired) electrons. The van der Waals surface area contributed by atoms with Crippen LogP contribution in [-0.4, -0.2) is 39.2 Å². The van der Waals surface area contributed by atoms with Gasteiger partial charge in [0.1, 0.15) is 11.5 Å². The minimum atomic E-state index is -0.142. The number of hydrogen-bond acceptors (Lipinski definition) is 4. The first kappa shape index (κ1) is 22.9. The van der Waals surface area contributed by atoms with E-state index in [9.17, 15) is 4.79 Å². The molecule has 0 fully saturated rings. The molecule has 168 valence electrons. The number of anilines is 1. The Bertz CT molecular complexity index is 1080. The first-order chi connectivity index (χ1) is 15.6. The van der Waals surface area contributed by atoms with Crippen molar-refractivity contribution in [3.8, 4) is 11.5 Å². The van der Waals surface area contributed by atoms with Crippen molar-refractivity contribution in [2.75, 3.05) is 32.6 Å². The van der Waals surface area contributed by atoms with E-state index in [4.69, 9.17) is 9.47 Å². The van der Waals surface area contributed by atoms with Crippen LogP contribution in [0.15, 0.2) is 65.7 Å². The molecule has 1 amide bonds. The topological polar surface area (TPSA) is 84.0 Å². The van der Waals surface area contributed by atoms with Crippen molar-refractivity contribution in [2.45, 2.75) is 19.9 Å². The van der Waals surface area contributed by atoms with E-state index < -0.39 is 0 Å². The third-order valence-electron chi connectivity index (χ3n) is 4.86. The Morgan fingerprint density at radius 2 is 1.81 bits per heavy atom. The molecule has 0 aromatic heterocycles. The maximum Gasteiger partial charge on any atom is 0.221 e. The lowest BCUT2D eigenvalue weighted by Crippen LogP contribution is -2.37. The first-order valence-corrected chi connectivity index (χ1v) is 10.6. The van der Waals surface area contributed by atoms with Crippen LogP contribution in [0.2, 0.25) is 0 Å². The lowest BCUT2D eigenvalue weighted by Gasteiger charge is -2.14. The molecule has 0 saturated carbocycles. The monoisotopic (exact) mass is 434 g/mol. The molecule has 0 saturated heterocycles. The summed E-state index contributed by atoms with van der Waals surface area (Å²) in [4.78, 5) is 15.7. The summed E-state index contributed by atoms with van der Waals surface area (Å²) >= 11 is 0. The Hall–Kier alpha value is -3.74. The summed E-state index contributed by atoms with van der Waals surface area (Å²) in [7, 11) is 3.31. The van der Waals surface area contributed by atoms with Crippen LogP contribution in [-0.2, 0) is 11.3 Å². The van der Waals surface area contributed by atoms with Crippen LogP contribution in [0.3, 0.4) is 0 Å². The third kappa shape index (κ3) is 6.63. The van der Waals surface area contributed by atoms with Gasteiger partial charge in [-0.1, -0.05) is 36.4 Å². The van der Waals surface area contributed by atoms with Crippen molar-refractivity contribution < 1.29 is 14.3 Å². The highest BCUT2D eigenvalue weighted by molar-refractivity contribution is 5.90. The molecule has 3 N–H and O–H groups in total. The quantitative estimate of drug-likeness (QED) is 0.270. The first-order valence-electron chi connectivity index (χ1n) is 10.6. The maximum absolute atomic E-state index is 11.4. The Balaban J connectivity index is 1.42. The summed E-state index contributed by atoms with van der Waals surface area (Å²) in [5, 5.41) is 11.7. The largest absolute Gasteiger partial charge is 0.495 e. The van der Waals surface area contributed by atoms with Crippen LogP contribution >= 0.6 is 0 Å². The molecular formula is C25H30N4O3. The zero-order valence-electron chi connectivity index (χ0n) is 18.8. The summed E-state index contributed by atoms with van der Waals surface area (Å²) < 4.78 is 11.2. The molecule has 0 aliphatic heterocycles. The van der Waals surface area contributed by atoms with Crippen molar-refractivity contribution in [1.29, 1.82) is 0 Å². The van der Waals surface area contributed by atoms with Gasteiger partial charge in [0.05, 0.1) is 19.4 Å². The van der Waals surface area contributed by atoms with Crippen molar-refractivity contribution in [1.82, 2.24) is 10.6 Å². The number of nitrogens with one attached hydrogen (secondary N) is 3. The lowest BCUT2D eigenvalue weighted by atomic mass is 10.1. The van der Waals surface area contributed by atoms with E-state index in [1.54, 1.807) is 14.2 Å². The molecule has 0 unspecified atom stereocenters. The van der Waals surface area contributed by atoms with E-state index in [0.29, 0.717) is 30.5 Å². The Morgan fingerprint density at radius 3 is 2.56 bits per heavy atom. The minimum Gasteiger partial charge on any atom is -0.495 e. The number of amides is 1. The van der Waals surface area contributed by atoms with Crippen LogP contribution in [0, 0.1) is 0 Å². The van der Waals surface area contributed by atoms with Crippen LogP contribution in [0.1, 0.15) is 18.9 Å². The van der Waals surface area contributed by atoms with Crippen molar-refractivity contribution >= 4 is 28.3 Å². The second kappa shape index (κ2) is 11.6. The van der Waals surface area contributed by atoms with Crippen molar-refractivity contribution in [2.24, 2.45) is 4.99 Å². The Morgan fingerprint density at radius 1 is 1.00 bits per heavy atom. The number of guanidine groups is 1. The molecule has 0 aliphatic carbocycles. The van der Waals surface area contributed by atoms with E-state index in [2.05, 4.69) is 45.2 Å². The van der Waals surface area contributed by atoms with Crippen LogP contribution in [0.4, 0.5) is 5.69 Å². The van der Waals surface area contributed by atoms with Gasteiger partial charge in [0, 0.05) is 27.1 Å². The van der Waals surface area contributed by atoms with Gasteiger partial charge in [0.25, 0.3) is 0 Å². The Labute approximate surface area is 188 Å². The number of methoxy groups -OCH3 is 1. The summed E-state index contributed by atoms with van der Waals surface area (Å²) in [6, 6.07) is 20.0. The molecule has 0 aliphatic rings. The summed E-state index contributed by atoms with van der Waals surface area (Å²) in [6.07, 6.45) is 0.836. The van der Waals surface area contributed by atoms with Crippen molar-refractivity contribution in [3.63, 3.8) is 0 Å². The van der Waals surface area contributed by atoms with E-state index in [1.807, 2.05) is 36.4 Å². The number of carbonyl (C=O) groups is 1. The number of carbonyl (C=O) groups excluding carboxylic acids is 1. The zero-order chi connectivity index (χ0) is 22.8. The number of nitrogens with zero attached hydrogens (tertiary/aromatic N) is 1. The van der Waals surface area contributed by atoms with Gasteiger partial charge in [0.2, 0.25) is 5.91 Å². The number of benzene rings is 3. The van der Waals surface area contributed by atoms with Gasteiger partial charge in [-0.25, -0.2) is 0 Å². The summed E-state index contributed by atoms with van der Waals surface area (Å²) in [5.74, 6) is 2.06. The van der Waals surface area contributed by atoms with Gasteiger partial charge >= 0.3 is 0 Å². The summed E-state index contributed by atoms with van der Waals surface area (Å²) in [5.41, 5.74) is 1.64. The van der Waals surface area contributed by atoms with Gasteiger partial charge < -0.3 is 25.4 Å². The fourth-order valence-corrected chi connectivity index (χ4v) is 3.28. The van der Waals surface area contributed by atoms with Crippen LogP contribution in [0.25, 0.3) is 10.8 Å². The molecule has 7 nitrogen and oxygen atoms in total. The fraction of sp³-hybridized carbons (Fsp3) is 0.280. The van der Waals surface area contributed by atoms with E-state index in [1.165, 1.54) is 17.7 Å². The molecule has 0 spiro atoms. The molecule has 3 rings (SSSR count). The van der Waals surface area contributed by atoms with Gasteiger partial charge in [-0.3, -0.25) is 9.79 Å². The van der Waals surface area contributed by atoms with Crippen LogP contribution in [0.5, 0.6) is 11.5 Å². The van der Waals surface area contributed by atoms with Gasteiger partial charge in [0.15, 0.2) is 5.96 Å². The van der Waals surface area contributed by atoms with Crippen LogP contribution < -0.4 is 25.4 Å². The van der Waals surface area contributed by atoms with Gasteiger partial charge in [-0.05, 0) is 47.0 Å². The SMILES string of the molecule is CN=C(NCCCOc1ccc2ccccc2c1)NCc1ccc(OC)c(NC(C)=O)c1. The molecule has 32 heavy (non-hydrogen) atoms. The van der Waals surface area contributed by atoms with Gasteiger partial charge in [-0.15, -0.1) is 0 Å². The molecule has 3 aromatic rings. The average Bonchev–Trinajstić information content (AvgIpc) is 2.80. The second-order valence-corrected chi connectivity index (χ2v) is 7.28. The van der Waals surface area contributed by atoms with Crippen molar-refractivity contribution in [3.05, 3.63) is 66.2 Å². The molecule has 7 heteroatoms. The lowest BCUT2D eigenvalue weighted by molar-refractivity contribution is -0.114. The normalized spacial score (nSPS) is 11.2. The number of hydrogen-bond donors (Lipinski definition) is 3. The highest BCUT2D eigenvalue weighted by Gasteiger charge is 2.07. The maximum atomic E-state index is 11.4. The molecule has 0 atom stereocenters. The van der Waals surface area contributed by atoms with Gasteiger partial charge in [-0.2, -0.15) is 0 Å². The Kier molecular flexibility index (Phi) is 8.31. The average molecular weight is 435 g/mol. The van der Waals surface area contributed by atoms with E-state index in [0.717, 1.165) is 24.3 Å². The number of fused-ring (bicyclic) bond motifs is 1. The fourth-order valence-electron chi connectivity index (χ4n) is 3.28. The number of rotatable bonds is 9.